The summed E-state index contributed by atoms with van der Waals surface area (Å²) in [6, 6.07) is 12.9. The van der Waals surface area contributed by atoms with Crippen molar-refractivity contribution in [1.29, 1.82) is 0 Å². The molecule has 2 aromatic carbocycles. The largest absolute Gasteiger partial charge is 0.496 e. The fourth-order valence-electron chi connectivity index (χ4n) is 5.30. The summed E-state index contributed by atoms with van der Waals surface area (Å²) < 4.78 is 11.8. The zero-order valence-corrected chi connectivity index (χ0v) is 21.4. The number of benzene rings is 2. The topological polar surface area (TPSA) is 71.0 Å². The van der Waals surface area contributed by atoms with Crippen molar-refractivity contribution >= 4 is 11.7 Å². The van der Waals surface area contributed by atoms with Crippen molar-refractivity contribution < 1.29 is 19.4 Å². The molecule has 0 saturated carbocycles. The van der Waals surface area contributed by atoms with E-state index in [0.29, 0.717) is 12.5 Å². The molecule has 1 aliphatic heterocycles. The SMILES string of the molecule is COc1cc(CC(C)C)ccc1COc1ccc2c(c1)CCC(CN1CC[C@@H](NC(=O)O)C1)=C2C. The quantitative estimate of drug-likeness (QED) is 0.496. The van der Waals surface area contributed by atoms with Crippen LogP contribution in [0.25, 0.3) is 5.57 Å². The van der Waals surface area contributed by atoms with Gasteiger partial charge in [-0.3, -0.25) is 4.90 Å². The van der Waals surface area contributed by atoms with E-state index in [1.807, 2.05) is 0 Å². The number of amides is 1. The van der Waals surface area contributed by atoms with E-state index in [1.165, 1.54) is 27.8 Å². The number of carboxylic acid groups (broad SMARTS) is 1. The van der Waals surface area contributed by atoms with Crippen molar-refractivity contribution in [3.05, 3.63) is 64.2 Å². The number of fused-ring (bicyclic) bond motifs is 1. The monoisotopic (exact) mass is 478 g/mol. The Morgan fingerprint density at radius 2 is 2.03 bits per heavy atom. The molecule has 1 aliphatic carbocycles. The van der Waals surface area contributed by atoms with Gasteiger partial charge in [0.25, 0.3) is 0 Å². The highest BCUT2D eigenvalue weighted by molar-refractivity contribution is 5.72. The summed E-state index contributed by atoms with van der Waals surface area (Å²) in [6.45, 7) is 9.76. The van der Waals surface area contributed by atoms with Gasteiger partial charge >= 0.3 is 6.09 Å². The number of nitrogens with zero attached hydrogens (tertiary/aromatic N) is 1. The van der Waals surface area contributed by atoms with Crippen molar-refractivity contribution in [1.82, 2.24) is 10.2 Å². The van der Waals surface area contributed by atoms with Crippen LogP contribution in [-0.2, 0) is 19.4 Å². The second kappa shape index (κ2) is 11.2. The zero-order chi connectivity index (χ0) is 24.9. The van der Waals surface area contributed by atoms with Crippen molar-refractivity contribution in [3.8, 4) is 11.5 Å². The average Bonchev–Trinajstić information content (AvgIpc) is 3.25. The van der Waals surface area contributed by atoms with Gasteiger partial charge in [-0.25, -0.2) is 4.79 Å². The maximum Gasteiger partial charge on any atom is 0.404 e. The number of hydrogen-bond acceptors (Lipinski definition) is 4. The van der Waals surface area contributed by atoms with Crippen molar-refractivity contribution in [3.63, 3.8) is 0 Å². The van der Waals surface area contributed by atoms with Crippen LogP contribution in [0.1, 0.15) is 55.9 Å². The first-order chi connectivity index (χ1) is 16.8. The highest BCUT2D eigenvalue weighted by Crippen LogP contribution is 2.34. The molecule has 4 rings (SSSR count). The second-order valence-corrected chi connectivity index (χ2v) is 10.3. The van der Waals surface area contributed by atoms with E-state index in [1.54, 1.807) is 7.11 Å². The first-order valence-corrected chi connectivity index (χ1v) is 12.6. The molecule has 0 aromatic heterocycles. The normalized spacial score (nSPS) is 18.0. The first kappa shape index (κ1) is 25.1. The van der Waals surface area contributed by atoms with Crippen molar-refractivity contribution in [2.45, 2.75) is 59.1 Å². The van der Waals surface area contributed by atoms with Crippen molar-refractivity contribution in [2.75, 3.05) is 26.7 Å². The molecule has 0 radical (unpaired) electrons. The van der Waals surface area contributed by atoms with Crippen LogP contribution >= 0.6 is 0 Å². The molecule has 2 N–H and O–H groups in total. The summed E-state index contributed by atoms with van der Waals surface area (Å²) in [7, 11) is 1.72. The summed E-state index contributed by atoms with van der Waals surface area (Å²) in [4.78, 5) is 13.3. The number of rotatable bonds is 9. The number of likely N-dealkylation sites (tertiary alicyclic amines) is 1. The van der Waals surface area contributed by atoms with Crippen LogP contribution in [0.2, 0.25) is 0 Å². The molecule has 188 valence electrons. The summed E-state index contributed by atoms with van der Waals surface area (Å²) in [5.41, 5.74) is 7.76. The van der Waals surface area contributed by atoms with Crippen LogP contribution in [0.5, 0.6) is 11.5 Å². The summed E-state index contributed by atoms with van der Waals surface area (Å²) in [5, 5.41) is 11.6. The highest BCUT2D eigenvalue weighted by Gasteiger charge is 2.26. The molecule has 1 fully saturated rings. The highest BCUT2D eigenvalue weighted by atomic mass is 16.5. The van der Waals surface area contributed by atoms with Gasteiger partial charge in [0.15, 0.2) is 0 Å². The summed E-state index contributed by atoms with van der Waals surface area (Å²) in [6.07, 6.45) is 3.01. The zero-order valence-electron chi connectivity index (χ0n) is 21.4. The molecule has 2 aliphatic rings. The minimum atomic E-state index is -0.932. The molecule has 1 atom stereocenters. The van der Waals surface area contributed by atoms with Gasteiger partial charge in [0.1, 0.15) is 18.1 Å². The number of aryl methyl sites for hydroxylation is 1. The number of allylic oxidation sites excluding steroid dienone is 1. The molecule has 0 unspecified atom stereocenters. The maximum atomic E-state index is 10.9. The number of carbonyl (C=O) groups is 1. The van der Waals surface area contributed by atoms with Gasteiger partial charge in [0, 0.05) is 31.2 Å². The predicted molar refractivity (Wildman–Crippen MR) is 139 cm³/mol. The van der Waals surface area contributed by atoms with Crippen LogP contribution in [-0.4, -0.2) is 48.9 Å². The third kappa shape index (κ3) is 6.37. The van der Waals surface area contributed by atoms with Crippen LogP contribution in [0, 0.1) is 5.92 Å². The van der Waals surface area contributed by atoms with Gasteiger partial charge in [-0.05, 0) is 79.0 Å². The predicted octanol–water partition coefficient (Wildman–Crippen LogP) is 5.53. The lowest BCUT2D eigenvalue weighted by molar-refractivity contribution is 0.189. The molecule has 0 spiro atoms. The number of ether oxygens (including phenoxy) is 2. The molecular formula is C29H38N2O4. The van der Waals surface area contributed by atoms with Gasteiger partial charge in [-0.15, -0.1) is 0 Å². The Morgan fingerprint density at radius 1 is 1.20 bits per heavy atom. The van der Waals surface area contributed by atoms with Gasteiger partial charge < -0.3 is 19.9 Å². The fourth-order valence-corrected chi connectivity index (χ4v) is 5.30. The minimum absolute atomic E-state index is 0.0361. The Balaban J connectivity index is 1.39. The molecule has 2 aromatic rings. The Kier molecular flexibility index (Phi) is 8.01. The van der Waals surface area contributed by atoms with Crippen LogP contribution in [0.4, 0.5) is 4.79 Å². The van der Waals surface area contributed by atoms with Crippen LogP contribution in [0.3, 0.4) is 0 Å². The molecule has 6 heteroatoms. The molecule has 35 heavy (non-hydrogen) atoms. The van der Waals surface area contributed by atoms with E-state index < -0.39 is 6.09 Å². The molecule has 1 saturated heterocycles. The van der Waals surface area contributed by atoms with Gasteiger partial charge in [0.2, 0.25) is 0 Å². The van der Waals surface area contributed by atoms with E-state index in [4.69, 9.17) is 14.6 Å². The van der Waals surface area contributed by atoms with E-state index in [0.717, 1.165) is 62.4 Å². The smallest absolute Gasteiger partial charge is 0.404 e. The summed E-state index contributed by atoms with van der Waals surface area (Å²) in [5.74, 6) is 2.37. The fraction of sp³-hybridized carbons (Fsp3) is 0.483. The minimum Gasteiger partial charge on any atom is -0.496 e. The molecule has 0 bridgehead atoms. The van der Waals surface area contributed by atoms with Crippen LogP contribution in [0.15, 0.2) is 42.0 Å². The number of nitrogens with one attached hydrogen (secondary N) is 1. The number of hydrogen-bond donors (Lipinski definition) is 2. The lowest BCUT2D eigenvalue weighted by atomic mass is 9.86. The van der Waals surface area contributed by atoms with Crippen LogP contribution < -0.4 is 14.8 Å². The Morgan fingerprint density at radius 3 is 2.77 bits per heavy atom. The molecule has 1 amide bonds. The van der Waals surface area contributed by atoms with Crippen molar-refractivity contribution in [2.24, 2.45) is 5.92 Å². The second-order valence-electron chi connectivity index (χ2n) is 10.3. The van der Waals surface area contributed by atoms with E-state index in [2.05, 4.69) is 67.4 Å². The van der Waals surface area contributed by atoms with E-state index >= 15 is 0 Å². The third-order valence-corrected chi connectivity index (χ3v) is 7.11. The van der Waals surface area contributed by atoms with E-state index in [9.17, 15) is 4.79 Å². The van der Waals surface area contributed by atoms with E-state index in [-0.39, 0.29) is 6.04 Å². The Labute approximate surface area is 208 Å². The molecular weight excluding hydrogens is 440 g/mol. The lowest BCUT2D eigenvalue weighted by Crippen LogP contribution is -2.36. The van der Waals surface area contributed by atoms with Gasteiger partial charge in [-0.2, -0.15) is 0 Å². The maximum absolute atomic E-state index is 10.9. The third-order valence-electron chi connectivity index (χ3n) is 7.11. The standard InChI is InChI=1S/C29H38N2O4/c1-19(2)13-21-5-6-24(28(14-21)34-4)18-35-26-9-10-27-20(3)23(8-7-22(27)15-26)16-31-12-11-25(17-31)30-29(32)33/h5-6,9-10,14-15,19,25,30H,7-8,11-13,16-18H2,1-4H3,(H,32,33)/t25-/m1/s1. The number of methoxy groups -OCH3 is 1. The Hall–Kier alpha value is -2.99. The Bertz CT molecular complexity index is 1090. The lowest BCUT2D eigenvalue weighted by Gasteiger charge is -2.26. The molecule has 6 nitrogen and oxygen atoms in total. The molecule has 1 heterocycles. The average molecular weight is 479 g/mol. The van der Waals surface area contributed by atoms with Gasteiger partial charge in [-0.1, -0.05) is 37.6 Å². The summed E-state index contributed by atoms with van der Waals surface area (Å²) >= 11 is 0. The first-order valence-electron chi connectivity index (χ1n) is 12.6. The van der Waals surface area contributed by atoms with Gasteiger partial charge in [0.05, 0.1) is 7.11 Å².